The summed E-state index contributed by atoms with van der Waals surface area (Å²) in [5, 5.41) is 5.05. The van der Waals surface area contributed by atoms with E-state index in [1.54, 1.807) is 10.7 Å². The lowest BCUT2D eigenvalue weighted by Crippen LogP contribution is -2.30. The molecular weight excluding hydrogens is 246 g/mol. The zero-order valence-electron chi connectivity index (χ0n) is 10.3. The molecule has 4 rings (SSSR count). The Morgan fingerprint density at radius 3 is 2.78 bits per heavy atom. The maximum Gasteiger partial charge on any atom is 0.156 e. The van der Waals surface area contributed by atoms with E-state index in [1.807, 2.05) is 6.07 Å². The van der Waals surface area contributed by atoms with Gasteiger partial charge in [0.1, 0.15) is 5.15 Å². The minimum atomic E-state index is 0.323. The fraction of sp³-hybridized carbons (Fsp3) is 0.571. The monoisotopic (exact) mass is 261 g/mol. The number of fused-ring (bicyclic) bond motifs is 3. The molecule has 2 heterocycles. The Hall–Kier alpha value is -1.09. The van der Waals surface area contributed by atoms with E-state index >= 15 is 0 Å². The van der Waals surface area contributed by atoms with Gasteiger partial charge in [-0.1, -0.05) is 24.4 Å². The minimum Gasteiger partial charge on any atom is -0.233 e. The molecule has 3 nitrogen and oxygen atoms in total. The summed E-state index contributed by atoms with van der Waals surface area (Å²) in [6.45, 7) is 0. The average Bonchev–Trinajstić information content (AvgIpc) is 3.00. The van der Waals surface area contributed by atoms with E-state index in [9.17, 15) is 0 Å². The lowest BCUT2D eigenvalue weighted by Gasteiger charge is -2.35. The number of hydrogen-bond donors (Lipinski definition) is 0. The second-order valence-electron chi connectivity index (χ2n) is 5.67. The topological polar surface area (TPSA) is 30.2 Å². The standard InChI is InChI=1S/C14H16ClN3/c15-13-10-4-3-8-14(6-1-2-7-14)12(10)17-11-5-9-16-18(11)13/h5,9H,1-4,6-8H2. The maximum absolute atomic E-state index is 6.52. The molecule has 18 heavy (non-hydrogen) atoms. The van der Waals surface area contributed by atoms with E-state index in [4.69, 9.17) is 16.6 Å². The molecule has 4 heteroatoms. The van der Waals surface area contributed by atoms with Crippen molar-refractivity contribution in [3.05, 3.63) is 28.7 Å². The predicted molar refractivity (Wildman–Crippen MR) is 71.1 cm³/mol. The van der Waals surface area contributed by atoms with Crippen molar-refractivity contribution in [2.45, 2.75) is 50.4 Å². The molecule has 1 saturated carbocycles. The van der Waals surface area contributed by atoms with Crippen molar-refractivity contribution < 1.29 is 0 Å². The summed E-state index contributed by atoms with van der Waals surface area (Å²) < 4.78 is 1.77. The Morgan fingerprint density at radius 2 is 1.94 bits per heavy atom. The van der Waals surface area contributed by atoms with E-state index in [-0.39, 0.29) is 0 Å². The summed E-state index contributed by atoms with van der Waals surface area (Å²) in [5.41, 5.74) is 3.75. The third-order valence-electron chi connectivity index (χ3n) is 4.72. The van der Waals surface area contributed by atoms with Crippen LogP contribution in [0.25, 0.3) is 5.65 Å². The van der Waals surface area contributed by atoms with Crippen LogP contribution in [0.1, 0.15) is 49.8 Å². The van der Waals surface area contributed by atoms with Gasteiger partial charge in [-0.2, -0.15) is 5.10 Å². The van der Waals surface area contributed by atoms with Crippen LogP contribution in [0.2, 0.25) is 5.15 Å². The summed E-state index contributed by atoms with van der Waals surface area (Å²) >= 11 is 6.52. The molecule has 0 saturated heterocycles. The van der Waals surface area contributed by atoms with Crippen LogP contribution in [0, 0.1) is 0 Å². The maximum atomic E-state index is 6.52. The van der Waals surface area contributed by atoms with Gasteiger partial charge < -0.3 is 0 Å². The highest BCUT2D eigenvalue weighted by Gasteiger charge is 2.41. The Balaban J connectivity index is 2.02. The van der Waals surface area contributed by atoms with E-state index in [2.05, 4.69) is 5.10 Å². The lowest BCUT2D eigenvalue weighted by molar-refractivity contribution is 0.357. The van der Waals surface area contributed by atoms with Crippen LogP contribution < -0.4 is 0 Å². The van der Waals surface area contributed by atoms with Crippen molar-refractivity contribution in [1.29, 1.82) is 0 Å². The van der Waals surface area contributed by atoms with Gasteiger partial charge in [0, 0.05) is 17.0 Å². The first-order valence-electron chi connectivity index (χ1n) is 6.83. The minimum absolute atomic E-state index is 0.323. The smallest absolute Gasteiger partial charge is 0.156 e. The fourth-order valence-corrected chi connectivity index (χ4v) is 4.17. The molecule has 1 fully saturated rings. The van der Waals surface area contributed by atoms with Crippen molar-refractivity contribution in [3.8, 4) is 0 Å². The summed E-state index contributed by atoms with van der Waals surface area (Å²) in [6, 6.07) is 1.95. The molecule has 1 spiro atoms. The Kier molecular flexibility index (Phi) is 2.22. The molecule has 2 aromatic heterocycles. The van der Waals surface area contributed by atoms with E-state index in [0.29, 0.717) is 5.41 Å². The van der Waals surface area contributed by atoms with E-state index < -0.39 is 0 Å². The van der Waals surface area contributed by atoms with E-state index in [0.717, 1.165) is 17.2 Å². The van der Waals surface area contributed by atoms with Crippen molar-refractivity contribution in [2.24, 2.45) is 0 Å². The van der Waals surface area contributed by atoms with Crippen LogP contribution >= 0.6 is 11.6 Å². The molecule has 0 atom stereocenters. The van der Waals surface area contributed by atoms with Gasteiger partial charge in [0.05, 0.1) is 11.9 Å². The highest BCUT2D eigenvalue weighted by Crippen LogP contribution is 2.49. The summed E-state index contributed by atoms with van der Waals surface area (Å²) in [7, 11) is 0. The Morgan fingerprint density at radius 1 is 1.17 bits per heavy atom. The number of aromatic nitrogens is 3. The van der Waals surface area contributed by atoms with Crippen molar-refractivity contribution in [2.75, 3.05) is 0 Å². The van der Waals surface area contributed by atoms with Gasteiger partial charge in [-0.15, -0.1) is 0 Å². The molecule has 2 aromatic rings. The van der Waals surface area contributed by atoms with Crippen LogP contribution in [0.4, 0.5) is 0 Å². The van der Waals surface area contributed by atoms with Crippen LogP contribution in [0.3, 0.4) is 0 Å². The summed E-state index contributed by atoms with van der Waals surface area (Å²) in [6.07, 6.45) is 10.6. The largest absolute Gasteiger partial charge is 0.233 e. The molecule has 0 amide bonds. The van der Waals surface area contributed by atoms with Gasteiger partial charge in [-0.25, -0.2) is 9.50 Å². The highest BCUT2D eigenvalue weighted by molar-refractivity contribution is 6.30. The number of nitrogens with zero attached hydrogens (tertiary/aromatic N) is 3. The molecule has 94 valence electrons. The van der Waals surface area contributed by atoms with Crippen molar-refractivity contribution in [1.82, 2.24) is 14.6 Å². The van der Waals surface area contributed by atoms with E-state index in [1.165, 1.54) is 49.8 Å². The van der Waals surface area contributed by atoms with Crippen molar-refractivity contribution >= 4 is 17.2 Å². The SMILES string of the molecule is Clc1c2c(nc3ccnn13)C1(CCCC1)CCC2. The molecule has 0 N–H and O–H groups in total. The first-order chi connectivity index (χ1) is 8.80. The predicted octanol–water partition coefficient (Wildman–Crippen LogP) is 3.53. The molecule has 0 aromatic carbocycles. The quantitative estimate of drug-likeness (QED) is 0.679. The molecule has 0 radical (unpaired) electrons. The second kappa shape index (κ2) is 3.70. The van der Waals surface area contributed by atoms with Gasteiger partial charge in [0.2, 0.25) is 0 Å². The molecular formula is C14H16ClN3. The zero-order chi connectivity index (χ0) is 12.2. The van der Waals surface area contributed by atoms with Gasteiger partial charge in [-0.05, 0) is 32.1 Å². The average molecular weight is 262 g/mol. The third kappa shape index (κ3) is 1.31. The molecule has 0 aliphatic heterocycles. The first-order valence-corrected chi connectivity index (χ1v) is 7.21. The molecule has 2 aliphatic carbocycles. The lowest BCUT2D eigenvalue weighted by atomic mass is 9.72. The Labute approximate surface area is 111 Å². The van der Waals surface area contributed by atoms with Gasteiger partial charge >= 0.3 is 0 Å². The normalized spacial score (nSPS) is 21.6. The Bertz CT molecular complexity index is 611. The first kappa shape index (κ1) is 10.8. The molecule has 2 aliphatic rings. The van der Waals surface area contributed by atoms with Crippen LogP contribution in [0.15, 0.2) is 12.3 Å². The van der Waals surface area contributed by atoms with Gasteiger partial charge in [-0.3, -0.25) is 0 Å². The zero-order valence-corrected chi connectivity index (χ0v) is 11.1. The van der Waals surface area contributed by atoms with Crippen molar-refractivity contribution in [3.63, 3.8) is 0 Å². The van der Waals surface area contributed by atoms with Gasteiger partial charge in [0.25, 0.3) is 0 Å². The summed E-state index contributed by atoms with van der Waals surface area (Å²) in [4.78, 5) is 4.89. The van der Waals surface area contributed by atoms with Gasteiger partial charge in [0.15, 0.2) is 5.65 Å². The van der Waals surface area contributed by atoms with Crippen LogP contribution in [0.5, 0.6) is 0 Å². The van der Waals surface area contributed by atoms with Crippen LogP contribution in [-0.4, -0.2) is 14.6 Å². The number of rotatable bonds is 0. The molecule has 0 unspecified atom stereocenters. The fourth-order valence-electron chi connectivity index (χ4n) is 3.86. The molecule has 0 bridgehead atoms. The number of halogens is 1. The highest BCUT2D eigenvalue weighted by atomic mass is 35.5. The second-order valence-corrected chi connectivity index (χ2v) is 6.03. The third-order valence-corrected chi connectivity index (χ3v) is 5.10. The summed E-state index contributed by atoms with van der Waals surface area (Å²) in [5.74, 6) is 0. The van der Waals surface area contributed by atoms with Crippen LogP contribution in [-0.2, 0) is 11.8 Å². The number of hydrogen-bond acceptors (Lipinski definition) is 2.